The van der Waals surface area contributed by atoms with Crippen molar-refractivity contribution in [1.82, 2.24) is 10.2 Å². The largest absolute Gasteiger partial charge is 0.444 e. The molecule has 1 fully saturated rings. The van der Waals surface area contributed by atoms with E-state index in [4.69, 9.17) is 10.00 Å². The Morgan fingerprint density at radius 3 is 2.80 bits per heavy atom. The summed E-state index contributed by atoms with van der Waals surface area (Å²) in [6.45, 7) is 9.13. The second-order valence-corrected chi connectivity index (χ2v) is 6.40. The highest BCUT2D eigenvalue weighted by atomic mass is 16.6. The van der Waals surface area contributed by atoms with Crippen LogP contribution in [0.4, 0.5) is 4.79 Å². The van der Waals surface area contributed by atoms with Gasteiger partial charge in [-0.25, -0.2) is 4.79 Å². The summed E-state index contributed by atoms with van der Waals surface area (Å²) in [5.41, 5.74) is -0.454. The number of piperidine rings is 1. The van der Waals surface area contributed by atoms with Gasteiger partial charge in [0, 0.05) is 25.2 Å². The van der Waals surface area contributed by atoms with E-state index in [2.05, 4.69) is 18.3 Å². The molecule has 0 aromatic heterocycles. The lowest BCUT2D eigenvalue weighted by Gasteiger charge is -2.35. The molecule has 5 heteroatoms. The topological polar surface area (TPSA) is 65.4 Å². The highest BCUT2D eigenvalue weighted by molar-refractivity contribution is 5.68. The van der Waals surface area contributed by atoms with E-state index < -0.39 is 5.60 Å². The van der Waals surface area contributed by atoms with Crippen LogP contribution in [-0.2, 0) is 4.74 Å². The minimum Gasteiger partial charge on any atom is -0.444 e. The average Bonchev–Trinajstić information content (AvgIpc) is 2.36. The standard InChI is InChI=1S/C15H27N3O2/c1-5-12(8-9-16)17-13-7-6-10-18(11-13)14(19)20-15(2,3)4/h12-13,17H,5-8,10-11H2,1-4H3. The first-order valence-electron chi connectivity index (χ1n) is 7.46. The number of nitrogens with one attached hydrogen (secondary N) is 1. The van der Waals surface area contributed by atoms with Crippen molar-refractivity contribution in [3.63, 3.8) is 0 Å². The number of carbonyl (C=O) groups excluding carboxylic acids is 1. The number of rotatable bonds is 4. The van der Waals surface area contributed by atoms with Gasteiger partial charge in [-0.15, -0.1) is 0 Å². The van der Waals surface area contributed by atoms with Crippen LogP contribution in [0.3, 0.4) is 0 Å². The fraction of sp³-hybridized carbons (Fsp3) is 0.867. The molecule has 0 aliphatic carbocycles. The lowest BCUT2D eigenvalue weighted by atomic mass is 10.0. The minimum absolute atomic E-state index is 0.212. The third-order valence-electron chi connectivity index (χ3n) is 3.37. The first kappa shape index (κ1) is 16.8. The Morgan fingerprint density at radius 1 is 1.55 bits per heavy atom. The Morgan fingerprint density at radius 2 is 2.25 bits per heavy atom. The first-order valence-corrected chi connectivity index (χ1v) is 7.46. The van der Waals surface area contributed by atoms with Crippen LogP contribution in [-0.4, -0.2) is 41.8 Å². The van der Waals surface area contributed by atoms with Gasteiger partial charge in [-0.3, -0.25) is 0 Å². The van der Waals surface area contributed by atoms with Gasteiger partial charge in [-0.05, 0) is 40.0 Å². The van der Waals surface area contributed by atoms with Crippen molar-refractivity contribution >= 4 is 6.09 Å². The van der Waals surface area contributed by atoms with Crippen molar-refractivity contribution in [3.05, 3.63) is 0 Å². The predicted octanol–water partition coefficient (Wildman–Crippen LogP) is 2.67. The zero-order valence-electron chi connectivity index (χ0n) is 13.1. The maximum atomic E-state index is 12.1. The second kappa shape index (κ2) is 7.49. The molecule has 1 aliphatic heterocycles. The number of likely N-dealkylation sites (tertiary alicyclic amines) is 1. The first-order chi connectivity index (χ1) is 9.35. The Labute approximate surface area is 122 Å². The molecule has 0 radical (unpaired) electrons. The van der Waals surface area contributed by atoms with E-state index >= 15 is 0 Å². The van der Waals surface area contributed by atoms with Gasteiger partial charge in [0.15, 0.2) is 0 Å². The highest BCUT2D eigenvalue weighted by Gasteiger charge is 2.28. The van der Waals surface area contributed by atoms with Gasteiger partial charge >= 0.3 is 6.09 Å². The molecule has 114 valence electrons. The van der Waals surface area contributed by atoms with Gasteiger partial charge in [0.05, 0.1) is 12.5 Å². The van der Waals surface area contributed by atoms with Crippen molar-refractivity contribution in [2.24, 2.45) is 0 Å². The van der Waals surface area contributed by atoms with Crippen LogP contribution in [0, 0.1) is 11.3 Å². The molecule has 0 bridgehead atoms. The molecule has 1 heterocycles. The zero-order valence-corrected chi connectivity index (χ0v) is 13.1. The Balaban J connectivity index is 2.50. The van der Waals surface area contributed by atoms with E-state index in [1.54, 1.807) is 4.90 Å². The van der Waals surface area contributed by atoms with Crippen LogP contribution in [0.15, 0.2) is 0 Å². The molecule has 1 rings (SSSR count). The molecule has 2 atom stereocenters. The summed E-state index contributed by atoms with van der Waals surface area (Å²) in [5, 5.41) is 12.3. The number of nitriles is 1. The lowest BCUT2D eigenvalue weighted by molar-refractivity contribution is 0.0183. The molecule has 1 saturated heterocycles. The van der Waals surface area contributed by atoms with E-state index in [-0.39, 0.29) is 18.2 Å². The SMILES string of the molecule is CCC(CC#N)NC1CCCN(C(=O)OC(C)(C)C)C1. The lowest BCUT2D eigenvalue weighted by Crippen LogP contribution is -2.51. The van der Waals surface area contributed by atoms with Crippen molar-refractivity contribution in [2.45, 2.75) is 71.1 Å². The van der Waals surface area contributed by atoms with Crippen molar-refractivity contribution in [2.75, 3.05) is 13.1 Å². The molecule has 0 aromatic rings. The van der Waals surface area contributed by atoms with Gasteiger partial charge in [0.25, 0.3) is 0 Å². The monoisotopic (exact) mass is 281 g/mol. The van der Waals surface area contributed by atoms with Crippen molar-refractivity contribution in [3.8, 4) is 6.07 Å². The predicted molar refractivity (Wildman–Crippen MR) is 78.3 cm³/mol. The van der Waals surface area contributed by atoms with Crippen LogP contribution in [0.1, 0.15) is 53.4 Å². The fourth-order valence-corrected chi connectivity index (χ4v) is 2.37. The maximum absolute atomic E-state index is 12.1. The molecular formula is C15H27N3O2. The second-order valence-electron chi connectivity index (χ2n) is 6.40. The molecule has 5 nitrogen and oxygen atoms in total. The number of amides is 1. The molecule has 20 heavy (non-hydrogen) atoms. The minimum atomic E-state index is -0.454. The van der Waals surface area contributed by atoms with E-state index in [1.165, 1.54) is 0 Å². The number of hydrogen-bond acceptors (Lipinski definition) is 4. The number of nitrogens with zero attached hydrogens (tertiary/aromatic N) is 2. The van der Waals surface area contributed by atoms with Crippen LogP contribution in [0.5, 0.6) is 0 Å². The Hall–Kier alpha value is -1.28. The van der Waals surface area contributed by atoms with Gasteiger partial charge in [-0.2, -0.15) is 5.26 Å². The van der Waals surface area contributed by atoms with Crippen molar-refractivity contribution < 1.29 is 9.53 Å². The summed E-state index contributed by atoms with van der Waals surface area (Å²) in [5.74, 6) is 0. The summed E-state index contributed by atoms with van der Waals surface area (Å²) in [4.78, 5) is 13.8. The summed E-state index contributed by atoms with van der Waals surface area (Å²) < 4.78 is 5.41. The summed E-state index contributed by atoms with van der Waals surface area (Å²) in [7, 11) is 0. The molecule has 1 N–H and O–H groups in total. The molecular weight excluding hydrogens is 254 g/mol. The van der Waals surface area contributed by atoms with E-state index in [1.807, 2.05) is 20.8 Å². The number of ether oxygens (including phenoxy) is 1. The quantitative estimate of drug-likeness (QED) is 0.860. The van der Waals surface area contributed by atoms with Crippen LogP contribution in [0.2, 0.25) is 0 Å². The smallest absolute Gasteiger partial charge is 0.410 e. The number of carbonyl (C=O) groups is 1. The maximum Gasteiger partial charge on any atom is 0.410 e. The summed E-state index contributed by atoms with van der Waals surface area (Å²) in [6.07, 6.45) is 3.22. The molecule has 1 aliphatic rings. The van der Waals surface area contributed by atoms with E-state index in [0.29, 0.717) is 13.0 Å². The molecule has 1 amide bonds. The third-order valence-corrected chi connectivity index (χ3v) is 3.37. The molecule has 0 aromatic carbocycles. The third kappa shape index (κ3) is 5.79. The van der Waals surface area contributed by atoms with Gasteiger partial charge in [-0.1, -0.05) is 6.92 Å². The van der Waals surface area contributed by atoms with Crippen LogP contribution in [0.25, 0.3) is 0 Å². The average molecular weight is 281 g/mol. The summed E-state index contributed by atoms with van der Waals surface area (Å²) in [6, 6.07) is 2.68. The zero-order chi connectivity index (χ0) is 15.2. The molecule has 2 unspecified atom stereocenters. The van der Waals surface area contributed by atoms with Gasteiger partial charge in [0.2, 0.25) is 0 Å². The van der Waals surface area contributed by atoms with E-state index in [9.17, 15) is 4.79 Å². The van der Waals surface area contributed by atoms with Gasteiger partial charge in [0.1, 0.15) is 5.60 Å². The molecule has 0 spiro atoms. The van der Waals surface area contributed by atoms with Crippen LogP contribution >= 0.6 is 0 Å². The Bertz CT molecular complexity index is 357. The van der Waals surface area contributed by atoms with Crippen molar-refractivity contribution in [1.29, 1.82) is 5.26 Å². The number of hydrogen-bond donors (Lipinski definition) is 1. The van der Waals surface area contributed by atoms with Crippen LogP contribution < -0.4 is 5.32 Å². The van der Waals surface area contributed by atoms with Gasteiger partial charge < -0.3 is 15.0 Å². The summed E-state index contributed by atoms with van der Waals surface area (Å²) >= 11 is 0. The van der Waals surface area contributed by atoms with E-state index in [0.717, 1.165) is 25.8 Å². The fourth-order valence-electron chi connectivity index (χ4n) is 2.37. The highest BCUT2D eigenvalue weighted by Crippen LogP contribution is 2.16. The normalized spacial score (nSPS) is 21.1. The molecule has 0 saturated carbocycles. The Kier molecular flexibility index (Phi) is 6.28.